The molecule has 100 valence electrons. The van der Waals surface area contributed by atoms with Crippen LogP contribution >= 0.6 is 0 Å². The summed E-state index contributed by atoms with van der Waals surface area (Å²) in [4.78, 5) is 2.72. The Morgan fingerprint density at radius 1 is 0.944 bits per heavy atom. The smallest absolute Gasteiger partial charge is 0.0158 e. The molecule has 1 aromatic carbocycles. The van der Waals surface area contributed by atoms with Crippen molar-refractivity contribution in [2.24, 2.45) is 0 Å². The molecule has 0 N–H and O–H groups in total. The first kappa shape index (κ1) is 13.6. The van der Waals surface area contributed by atoms with Crippen LogP contribution in [-0.4, -0.2) is 22.5 Å². The highest BCUT2D eigenvalue weighted by atomic mass is 15.3. The van der Waals surface area contributed by atoms with Crippen LogP contribution in [0.15, 0.2) is 30.3 Å². The van der Waals surface area contributed by atoms with E-state index in [1.54, 1.807) is 0 Å². The van der Waals surface area contributed by atoms with Crippen molar-refractivity contribution in [3.63, 3.8) is 0 Å². The monoisotopic (exact) mass is 245 g/mol. The zero-order chi connectivity index (χ0) is 13.2. The van der Waals surface area contributed by atoms with Gasteiger partial charge in [-0.1, -0.05) is 30.3 Å². The Morgan fingerprint density at radius 3 is 2.06 bits per heavy atom. The Balaban J connectivity index is 2.05. The van der Waals surface area contributed by atoms with Gasteiger partial charge in [-0.15, -0.1) is 0 Å². The second kappa shape index (κ2) is 5.05. The summed E-state index contributed by atoms with van der Waals surface area (Å²) in [5.41, 5.74) is 2.14. The summed E-state index contributed by atoms with van der Waals surface area (Å²) in [6.07, 6.45) is 5.17. The standard InChI is InChI=1S/C17H27N/c1-16(2)12-8-13-17(3,4)18(16)14-11-15-9-6-5-7-10-15/h5-7,9-10H,8,11-14H2,1-4H3. The summed E-state index contributed by atoms with van der Waals surface area (Å²) in [7, 11) is 0. The molecule has 0 radical (unpaired) electrons. The fraction of sp³-hybridized carbons (Fsp3) is 0.647. The van der Waals surface area contributed by atoms with Crippen molar-refractivity contribution >= 4 is 0 Å². The van der Waals surface area contributed by atoms with E-state index in [0.717, 1.165) is 6.42 Å². The van der Waals surface area contributed by atoms with Crippen molar-refractivity contribution < 1.29 is 0 Å². The van der Waals surface area contributed by atoms with Crippen molar-refractivity contribution in [1.82, 2.24) is 4.90 Å². The van der Waals surface area contributed by atoms with Gasteiger partial charge in [0.25, 0.3) is 0 Å². The number of rotatable bonds is 3. The Bertz CT molecular complexity index is 362. The molecule has 1 fully saturated rings. The highest BCUT2D eigenvalue weighted by molar-refractivity contribution is 5.15. The summed E-state index contributed by atoms with van der Waals surface area (Å²) in [6.45, 7) is 10.8. The maximum Gasteiger partial charge on any atom is 0.0158 e. The minimum Gasteiger partial charge on any atom is -0.293 e. The van der Waals surface area contributed by atoms with Crippen molar-refractivity contribution in [1.29, 1.82) is 0 Å². The molecule has 1 aliphatic heterocycles. The van der Waals surface area contributed by atoms with E-state index in [9.17, 15) is 0 Å². The Hall–Kier alpha value is -0.820. The SMILES string of the molecule is CC1(C)CCCC(C)(C)N1CCc1ccccc1. The van der Waals surface area contributed by atoms with Crippen molar-refractivity contribution in [3.05, 3.63) is 35.9 Å². The lowest BCUT2D eigenvalue weighted by Crippen LogP contribution is -2.58. The number of likely N-dealkylation sites (tertiary alicyclic amines) is 1. The molecule has 1 aromatic rings. The zero-order valence-electron chi connectivity index (χ0n) is 12.4. The summed E-state index contributed by atoms with van der Waals surface area (Å²) in [5, 5.41) is 0. The predicted octanol–water partition coefficient (Wildman–Crippen LogP) is 4.27. The fourth-order valence-corrected chi connectivity index (χ4v) is 3.53. The molecule has 0 unspecified atom stereocenters. The fourth-order valence-electron chi connectivity index (χ4n) is 3.53. The normalized spacial score (nSPS) is 22.9. The summed E-state index contributed by atoms with van der Waals surface area (Å²) >= 11 is 0. The minimum atomic E-state index is 0.344. The number of benzene rings is 1. The van der Waals surface area contributed by atoms with Gasteiger partial charge in [0.15, 0.2) is 0 Å². The largest absolute Gasteiger partial charge is 0.293 e. The first-order chi connectivity index (χ1) is 8.42. The lowest BCUT2D eigenvalue weighted by Gasteiger charge is -2.53. The van der Waals surface area contributed by atoms with Crippen LogP contribution in [0.4, 0.5) is 0 Å². The van der Waals surface area contributed by atoms with Gasteiger partial charge in [-0.2, -0.15) is 0 Å². The van der Waals surface area contributed by atoms with Gasteiger partial charge in [0.05, 0.1) is 0 Å². The van der Waals surface area contributed by atoms with E-state index >= 15 is 0 Å². The van der Waals surface area contributed by atoms with E-state index in [1.807, 2.05) is 0 Å². The molecular formula is C17H27N. The van der Waals surface area contributed by atoms with Gasteiger partial charge in [0.2, 0.25) is 0 Å². The maximum atomic E-state index is 2.72. The van der Waals surface area contributed by atoms with Crippen LogP contribution in [0.5, 0.6) is 0 Å². The lowest BCUT2D eigenvalue weighted by atomic mass is 9.79. The topological polar surface area (TPSA) is 3.24 Å². The number of hydrogen-bond acceptors (Lipinski definition) is 1. The summed E-state index contributed by atoms with van der Waals surface area (Å²) < 4.78 is 0. The molecule has 0 bridgehead atoms. The van der Waals surface area contributed by atoms with Gasteiger partial charge in [-0.25, -0.2) is 0 Å². The molecule has 1 heteroatoms. The van der Waals surface area contributed by atoms with Crippen molar-refractivity contribution in [2.75, 3.05) is 6.54 Å². The summed E-state index contributed by atoms with van der Waals surface area (Å²) in [5.74, 6) is 0. The number of nitrogens with zero attached hydrogens (tertiary/aromatic N) is 1. The quantitative estimate of drug-likeness (QED) is 0.768. The molecular weight excluding hydrogens is 218 g/mol. The molecule has 1 heterocycles. The zero-order valence-corrected chi connectivity index (χ0v) is 12.4. The van der Waals surface area contributed by atoms with Gasteiger partial charge in [0.1, 0.15) is 0 Å². The van der Waals surface area contributed by atoms with E-state index < -0.39 is 0 Å². The van der Waals surface area contributed by atoms with Crippen molar-refractivity contribution in [3.8, 4) is 0 Å². The van der Waals surface area contributed by atoms with Gasteiger partial charge >= 0.3 is 0 Å². The van der Waals surface area contributed by atoms with Crippen LogP contribution in [0.25, 0.3) is 0 Å². The Morgan fingerprint density at radius 2 is 1.50 bits per heavy atom. The van der Waals surface area contributed by atoms with Crippen LogP contribution < -0.4 is 0 Å². The average Bonchev–Trinajstić information content (AvgIpc) is 2.28. The molecule has 18 heavy (non-hydrogen) atoms. The molecule has 1 aliphatic rings. The third-order valence-corrected chi connectivity index (χ3v) is 4.51. The molecule has 1 nitrogen and oxygen atoms in total. The second-order valence-electron chi connectivity index (χ2n) is 6.87. The van der Waals surface area contributed by atoms with E-state index in [2.05, 4.69) is 62.9 Å². The van der Waals surface area contributed by atoms with E-state index in [4.69, 9.17) is 0 Å². The molecule has 0 atom stereocenters. The average molecular weight is 245 g/mol. The van der Waals surface area contributed by atoms with E-state index in [-0.39, 0.29) is 0 Å². The third-order valence-electron chi connectivity index (χ3n) is 4.51. The molecule has 0 amide bonds. The highest BCUT2D eigenvalue weighted by Crippen LogP contribution is 2.37. The highest BCUT2D eigenvalue weighted by Gasteiger charge is 2.40. The predicted molar refractivity (Wildman–Crippen MR) is 78.9 cm³/mol. The van der Waals surface area contributed by atoms with Crippen LogP contribution in [-0.2, 0) is 6.42 Å². The Kier molecular flexibility index (Phi) is 3.82. The minimum absolute atomic E-state index is 0.344. The van der Waals surface area contributed by atoms with E-state index in [1.165, 1.54) is 31.4 Å². The molecule has 2 rings (SSSR count). The molecule has 0 saturated carbocycles. The van der Waals surface area contributed by atoms with Crippen LogP contribution in [0.2, 0.25) is 0 Å². The maximum absolute atomic E-state index is 2.72. The van der Waals surface area contributed by atoms with E-state index in [0.29, 0.717) is 11.1 Å². The van der Waals surface area contributed by atoms with Gasteiger partial charge in [0, 0.05) is 17.6 Å². The first-order valence-electron chi connectivity index (χ1n) is 7.23. The molecule has 1 saturated heterocycles. The molecule has 0 spiro atoms. The van der Waals surface area contributed by atoms with Gasteiger partial charge in [-0.05, 0) is 58.9 Å². The van der Waals surface area contributed by atoms with Crippen LogP contribution in [0, 0.1) is 0 Å². The van der Waals surface area contributed by atoms with Crippen LogP contribution in [0.3, 0.4) is 0 Å². The molecule has 0 aliphatic carbocycles. The van der Waals surface area contributed by atoms with Gasteiger partial charge < -0.3 is 0 Å². The number of hydrogen-bond donors (Lipinski definition) is 0. The summed E-state index contributed by atoms with van der Waals surface area (Å²) in [6, 6.07) is 10.9. The number of piperidine rings is 1. The first-order valence-corrected chi connectivity index (χ1v) is 7.23. The second-order valence-corrected chi connectivity index (χ2v) is 6.87. The Labute approximate surface area is 112 Å². The lowest BCUT2D eigenvalue weighted by molar-refractivity contribution is -0.0255. The van der Waals surface area contributed by atoms with Crippen LogP contribution in [0.1, 0.15) is 52.5 Å². The van der Waals surface area contributed by atoms with Crippen molar-refractivity contribution in [2.45, 2.75) is 64.5 Å². The third kappa shape index (κ3) is 2.95. The molecule has 0 aromatic heterocycles. The van der Waals surface area contributed by atoms with Gasteiger partial charge in [-0.3, -0.25) is 4.90 Å².